The van der Waals surface area contributed by atoms with Crippen molar-refractivity contribution < 1.29 is 17.9 Å². The molecule has 1 aliphatic rings. The van der Waals surface area contributed by atoms with Gasteiger partial charge in [-0.1, -0.05) is 60.1 Å². The van der Waals surface area contributed by atoms with E-state index in [2.05, 4.69) is 0 Å². The molecule has 1 unspecified atom stereocenters. The first-order valence-corrected chi connectivity index (χ1v) is 11.1. The molecule has 0 amide bonds. The smallest absolute Gasteiger partial charge is 0.202 e. The van der Waals surface area contributed by atoms with E-state index in [1.54, 1.807) is 12.1 Å². The maximum Gasteiger partial charge on any atom is 0.202 e. The first-order chi connectivity index (χ1) is 14.0. The van der Waals surface area contributed by atoms with Crippen LogP contribution in [-0.4, -0.2) is 21.0 Å². The van der Waals surface area contributed by atoms with Crippen molar-refractivity contribution in [1.82, 2.24) is 0 Å². The van der Waals surface area contributed by atoms with Gasteiger partial charge in [-0.15, -0.1) is 0 Å². The van der Waals surface area contributed by atoms with E-state index in [4.69, 9.17) is 21.1 Å². The molecule has 1 atom stereocenters. The lowest BCUT2D eigenvalue weighted by atomic mass is 9.96. The Kier molecular flexibility index (Phi) is 5.72. The lowest BCUT2D eigenvalue weighted by molar-refractivity contribution is 0.0928. The van der Waals surface area contributed by atoms with E-state index >= 15 is 0 Å². The molecule has 0 aromatic heterocycles. The molecule has 0 N–H and O–H groups in total. The lowest BCUT2D eigenvalue weighted by Crippen LogP contribution is -2.22. The molecule has 0 radical (unpaired) electrons. The molecule has 0 bridgehead atoms. The molecule has 0 spiro atoms. The zero-order valence-corrected chi connectivity index (χ0v) is 17.1. The molecule has 4 rings (SSSR count). The Labute approximate surface area is 175 Å². The largest absolute Gasteiger partial charge is 0.489 e. The van der Waals surface area contributed by atoms with E-state index in [1.807, 2.05) is 60.7 Å². The van der Waals surface area contributed by atoms with Crippen LogP contribution in [0.25, 0.3) is 6.08 Å². The second-order valence-corrected chi connectivity index (χ2v) is 9.06. The van der Waals surface area contributed by atoms with Crippen molar-refractivity contribution in [3.8, 4) is 5.75 Å². The zero-order chi connectivity index (χ0) is 20.3. The van der Waals surface area contributed by atoms with Gasteiger partial charge in [0, 0.05) is 16.2 Å². The van der Waals surface area contributed by atoms with Crippen LogP contribution in [0.3, 0.4) is 0 Å². The SMILES string of the molecule is O=S(=O)(COC1/C(=C/c2ccccc2)COc2ccccc21)c1ccc(Cl)cc1. The van der Waals surface area contributed by atoms with Crippen LogP contribution < -0.4 is 4.74 Å². The normalized spacial score (nSPS) is 17.6. The van der Waals surface area contributed by atoms with E-state index < -0.39 is 21.9 Å². The van der Waals surface area contributed by atoms with Gasteiger partial charge in [-0.25, -0.2) is 8.42 Å². The predicted molar refractivity (Wildman–Crippen MR) is 114 cm³/mol. The third-order valence-corrected chi connectivity index (χ3v) is 6.34. The highest BCUT2D eigenvalue weighted by Crippen LogP contribution is 2.38. The number of halogens is 1. The summed E-state index contributed by atoms with van der Waals surface area (Å²) in [6, 6.07) is 23.4. The third-order valence-electron chi connectivity index (χ3n) is 4.65. The summed E-state index contributed by atoms with van der Waals surface area (Å²) in [5.41, 5.74) is 2.67. The van der Waals surface area contributed by atoms with Gasteiger partial charge in [0.05, 0.1) is 4.90 Å². The van der Waals surface area contributed by atoms with Crippen LogP contribution in [0.4, 0.5) is 0 Å². The Bertz CT molecular complexity index is 1120. The van der Waals surface area contributed by atoms with Gasteiger partial charge in [0.15, 0.2) is 5.94 Å². The Hall–Kier alpha value is -2.60. The number of rotatable bonds is 5. The van der Waals surface area contributed by atoms with Gasteiger partial charge < -0.3 is 9.47 Å². The summed E-state index contributed by atoms with van der Waals surface area (Å²) in [7, 11) is -3.62. The molecular formula is C23H19ClO4S. The number of hydrogen-bond donors (Lipinski definition) is 0. The fourth-order valence-corrected chi connectivity index (χ4v) is 4.34. The van der Waals surface area contributed by atoms with Crippen molar-refractivity contribution in [3.63, 3.8) is 0 Å². The Morgan fingerprint density at radius 2 is 1.66 bits per heavy atom. The minimum absolute atomic E-state index is 0.177. The zero-order valence-electron chi connectivity index (χ0n) is 15.5. The fraction of sp³-hybridized carbons (Fsp3) is 0.130. The number of sulfone groups is 1. The van der Waals surface area contributed by atoms with E-state index in [9.17, 15) is 8.42 Å². The third kappa shape index (κ3) is 4.53. The first kappa shape index (κ1) is 19.7. The van der Waals surface area contributed by atoms with E-state index in [1.165, 1.54) is 12.1 Å². The molecule has 6 heteroatoms. The topological polar surface area (TPSA) is 52.6 Å². The van der Waals surface area contributed by atoms with Gasteiger partial charge in [-0.2, -0.15) is 0 Å². The summed E-state index contributed by atoms with van der Waals surface area (Å²) in [5, 5.41) is 0.483. The summed E-state index contributed by atoms with van der Waals surface area (Å²) in [5.74, 6) is 0.256. The van der Waals surface area contributed by atoms with Crippen molar-refractivity contribution >= 4 is 27.5 Å². The molecule has 0 saturated carbocycles. The molecule has 1 heterocycles. The van der Waals surface area contributed by atoms with E-state index in [-0.39, 0.29) is 4.90 Å². The Balaban J connectivity index is 1.64. The summed E-state index contributed by atoms with van der Waals surface area (Å²) in [6.07, 6.45) is 1.47. The van der Waals surface area contributed by atoms with Crippen molar-refractivity contribution in [2.24, 2.45) is 0 Å². The average molecular weight is 427 g/mol. The van der Waals surface area contributed by atoms with Crippen molar-refractivity contribution in [2.75, 3.05) is 12.5 Å². The van der Waals surface area contributed by atoms with Gasteiger partial charge in [-0.05, 0) is 42.0 Å². The number of para-hydroxylation sites is 1. The lowest BCUT2D eigenvalue weighted by Gasteiger charge is -2.28. The van der Waals surface area contributed by atoms with Crippen LogP contribution in [0, 0.1) is 0 Å². The number of ether oxygens (including phenoxy) is 2. The molecule has 3 aromatic carbocycles. The molecule has 0 saturated heterocycles. The summed E-state index contributed by atoms with van der Waals surface area (Å²) in [4.78, 5) is 0.177. The molecule has 0 aliphatic carbocycles. The maximum absolute atomic E-state index is 12.7. The summed E-state index contributed by atoms with van der Waals surface area (Å²) >= 11 is 5.87. The van der Waals surface area contributed by atoms with Crippen LogP contribution in [0.15, 0.2) is 89.3 Å². The van der Waals surface area contributed by atoms with Crippen molar-refractivity contribution in [3.05, 3.63) is 101 Å². The molecule has 29 heavy (non-hydrogen) atoms. The molecule has 4 nitrogen and oxygen atoms in total. The minimum atomic E-state index is -3.62. The Morgan fingerprint density at radius 3 is 2.41 bits per heavy atom. The van der Waals surface area contributed by atoms with Gasteiger partial charge in [0.1, 0.15) is 18.5 Å². The van der Waals surface area contributed by atoms with E-state index in [0.717, 1.165) is 16.7 Å². The quantitative estimate of drug-likeness (QED) is 0.555. The molecule has 148 valence electrons. The van der Waals surface area contributed by atoms with Gasteiger partial charge >= 0.3 is 0 Å². The fourth-order valence-electron chi connectivity index (χ4n) is 3.21. The summed E-state index contributed by atoms with van der Waals surface area (Å²) < 4.78 is 37.3. The standard InChI is InChI=1S/C23H19ClO4S/c24-19-10-12-20(13-11-19)29(25,26)16-28-23-18(14-17-6-2-1-3-7-17)15-27-22-9-5-4-8-21(22)23/h1-14,23H,15-16H2/b18-14+. The molecule has 0 fully saturated rings. The molecular weight excluding hydrogens is 408 g/mol. The predicted octanol–water partition coefficient (Wildman–Crippen LogP) is 5.31. The molecule has 3 aromatic rings. The summed E-state index contributed by atoms with van der Waals surface area (Å²) in [6.45, 7) is 0.331. The highest BCUT2D eigenvalue weighted by molar-refractivity contribution is 7.91. The van der Waals surface area contributed by atoms with Crippen molar-refractivity contribution in [2.45, 2.75) is 11.0 Å². The van der Waals surface area contributed by atoms with Gasteiger partial charge in [-0.3, -0.25) is 0 Å². The number of fused-ring (bicyclic) bond motifs is 1. The van der Waals surface area contributed by atoms with Crippen LogP contribution in [-0.2, 0) is 14.6 Å². The molecule has 1 aliphatic heterocycles. The van der Waals surface area contributed by atoms with Crippen LogP contribution >= 0.6 is 11.6 Å². The Morgan fingerprint density at radius 1 is 0.966 bits per heavy atom. The van der Waals surface area contributed by atoms with Gasteiger partial charge in [0.2, 0.25) is 9.84 Å². The second-order valence-electron chi connectivity index (χ2n) is 6.69. The van der Waals surface area contributed by atoms with Gasteiger partial charge in [0.25, 0.3) is 0 Å². The number of hydrogen-bond acceptors (Lipinski definition) is 4. The highest BCUT2D eigenvalue weighted by Gasteiger charge is 2.28. The van der Waals surface area contributed by atoms with Crippen molar-refractivity contribution in [1.29, 1.82) is 0 Å². The first-order valence-electron chi connectivity index (χ1n) is 9.10. The number of benzene rings is 3. The van der Waals surface area contributed by atoms with Crippen LogP contribution in [0.5, 0.6) is 5.75 Å². The van der Waals surface area contributed by atoms with E-state index in [0.29, 0.717) is 17.4 Å². The monoisotopic (exact) mass is 426 g/mol. The maximum atomic E-state index is 12.7. The second kappa shape index (κ2) is 8.41. The van der Waals surface area contributed by atoms with Crippen LogP contribution in [0.2, 0.25) is 5.02 Å². The minimum Gasteiger partial charge on any atom is -0.489 e. The van der Waals surface area contributed by atoms with Crippen LogP contribution in [0.1, 0.15) is 17.2 Å². The average Bonchev–Trinajstić information content (AvgIpc) is 2.74. The highest BCUT2D eigenvalue weighted by atomic mass is 35.5.